The van der Waals surface area contributed by atoms with E-state index in [1.807, 2.05) is 25.1 Å². The minimum atomic E-state index is -0.133. The van der Waals surface area contributed by atoms with Crippen molar-refractivity contribution >= 4 is 0 Å². The average Bonchev–Trinajstić information content (AvgIpc) is 2.92. The zero-order valence-electron chi connectivity index (χ0n) is 12.6. The number of hydrogen-bond donors (Lipinski definition) is 1. The number of ether oxygens (including phenoxy) is 2. The second-order valence-electron chi connectivity index (χ2n) is 4.84. The monoisotopic (exact) mass is 291 g/mol. The number of benzene rings is 1. The fourth-order valence-electron chi connectivity index (χ4n) is 1.95. The predicted molar refractivity (Wildman–Crippen MR) is 78.2 cm³/mol. The molecule has 0 amide bonds. The molecule has 6 heteroatoms. The standard InChI is InChI=1S/C15H21N3O3/c1-4-5-15-17-14(18-21-15)9-20-13-8-11(19-3)6-7-12(13)10(2)16/h6-8,10H,4-5,9,16H2,1-3H3/t10-/m0/s1. The molecule has 1 heterocycles. The van der Waals surface area contributed by atoms with Crippen LogP contribution in [0.5, 0.6) is 11.5 Å². The normalized spacial score (nSPS) is 12.2. The predicted octanol–water partition coefficient (Wildman–Crippen LogP) is 2.63. The molecular formula is C15H21N3O3. The van der Waals surface area contributed by atoms with Gasteiger partial charge in [0.05, 0.1) is 7.11 Å². The molecule has 0 aliphatic carbocycles. The smallest absolute Gasteiger partial charge is 0.226 e. The van der Waals surface area contributed by atoms with Crippen molar-refractivity contribution in [2.24, 2.45) is 5.73 Å². The maximum Gasteiger partial charge on any atom is 0.226 e. The Bertz CT molecular complexity index is 581. The first-order valence-electron chi connectivity index (χ1n) is 7.01. The van der Waals surface area contributed by atoms with Gasteiger partial charge in [-0.05, 0) is 19.4 Å². The van der Waals surface area contributed by atoms with Crippen LogP contribution in [0.3, 0.4) is 0 Å². The fourth-order valence-corrected chi connectivity index (χ4v) is 1.95. The van der Waals surface area contributed by atoms with Crippen molar-refractivity contribution in [2.45, 2.75) is 39.3 Å². The molecule has 21 heavy (non-hydrogen) atoms. The van der Waals surface area contributed by atoms with Crippen LogP contribution in [0.25, 0.3) is 0 Å². The Hall–Kier alpha value is -2.08. The summed E-state index contributed by atoms with van der Waals surface area (Å²) in [5, 5.41) is 3.89. The molecule has 1 aromatic carbocycles. The van der Waals surface area contributed by atoms with Gasteiger partial charge in [0.25, 0.3) is 0 Å². The second kappa shape index (κ2) is 7.08. The molecule has 2 N–H and O–H groups in total. The first-order chi connectivity index (χ1) is 10.1. The lowest BCUT2D eigenvalue weighted by atomic mass is 10.1. The van der Waals surface area contributed by atoms with E-state index in [1.54, 1.807) is 7.11 Å². The molecular weight excluding hydrogens is 270 g/mol. The number of hydrogen-bond acceptors (Lipinski definition) is 6. The SMILES string of the molecule is CCCc1nc(COc2cc(OC)ccc2[C@H](C)N)no1. The molecule has 2 aromatic rings. The largest absolute Gasteiger partial charge is 0.497 e. The first kappa shape index (κ1) is 15.3. The van der Waals surface area contributed by atoms with Crippen molar-refractivity contribution in [2.75, 3.05) is 7.11 Å². The lowest BCUT2D eigenvalue weighted by Gasteiger charge is -2.14. The number of aromatic nitrogens is 2. The first-order valence-corrected chi connectivity index (χ1v) is 7.01. The molecule has 0 bridgehead atoms. The molecule has 0 saturated carbocycles. The minimum Gasteiger partial charge on any atom is -0.497 e. The highest BCUT2D eigenvalue weighted by atomic mass is 16.5. The van der Waals surface area contributed by atoms with E-state index in [-0.39, 0.29) is 12.6 Å². The topological polar surface area (TPSA) is 83.4 Å². The molecule has 0 fully saturated rings. The summed E-state index contributed by atoms with van der Waals surface area (Å²) in [7, 11) is 1.61. The third-order valence-corrected chi connectivity index (χ3v) is 3.04. The van der Waals surface area contributed by atoms with E-state index in [1.165, 1.54) is 0 Å². The van der Waals surface area contributed by atoms with Crippen LogP contribution in [0.1, 0.15) is 43.6 Å². The summed E-state index contributed by atoms with van der Waals surface area (Å²) in [6, 6.07) is 5.44. The maximum absolute atomic E-state index is 5.95. The van der Waals surface area contributed by atoms with E-state index in [2.05, 4.69) is 17.1 Å². The maximum atomic E-state index is 5.95. The summed E-state index contributed by atoms with van der Waals surface area (Å²) >= 11 is 0. The van der Waals surface area contributed by atoms with Gasteiger partial charge in [-0.1, -0.05) is 18.1 Å². The Morgan fingerprint density at radius 3 is 2.86 bits per heavy atom. The van der Waals surface area contributed by atoms with E-state index in [4.69, 9.17) is 19.7 Å². The highest BCUT2D eigenvalue weighted by molar-refractivity contribution is 5.42. The van der Waals surface area contributed by atoms with Crippen LogP contribution in [0.4, 0.5) is 0 Å². The minimum absolute atomic E-state index is 0.133. The third-order valence-electron chi connectivity index (χ3n) is 3.04. The molecule has 0 aliphatic rings. The van der Waals surface area contributed by atoms with E-state index in [0.29, 0.717) is 23.2 Å². The van der Waals surface area contributed by atoms with E-state index in [0.717, 1.165) is 18.4 Å². The lowest BCUT2D eigenvalue weighted by molar-refractivity contribution is 0.279. The van der Waals surface area contributed by atoms with Crippen LogP contribution in [0, 0.1) is 0 Å². The number of methoxy groups -OCH3 is 1. The molecule has 6 nitrogen and oxygen atoms in total. The molecule has 0 aliphatic heterocycles. The summed E-state index contributed by atoms with van der Waals surface area (Å²) in [5.41, 5.74) is 6.86. The number of rotatable bonds is 7. The van der Waals surface area contributed by atoms with Crippen LogP contribution in [0.15, 0.2) is 22.7 Å². The van der Waals surface area contributed by atoms with Gasteiger partial charge in [-0.2, -0.15) is 4.98 Å². The Labute approximate surface area is 124 Å². The molecule has 2 rings (SSSR count). The van der Waals surface area contributed by atoms with Crippen LogP contribution >= 0.6 is 0 Å². The number of aryl methyl sites for hydroxylation is 1. The van der Waals surface area contributed by atoms with E-state index < -0.39 is 0 Å². The molecule has 0 unspecified atom stereocenters. The molecule has 1 atom stereocenters. The van der Waals surface area contributed by atoms with Gasteiger partial charge in [-0.15, -0.1) is 0 Å². The number of nitrogens with zero attached hydrogens (tertiary/aromatic N) is 2. The van der Waals surface area contributed by atoms with Crippen molar-refractivity contribution in [3.8, 4) is 11.5 Å². The van der Waals surface area contributed by atoms with Gasteiger partial charge >= 0.3 is 0 Å². The van der Waals surface area contributed by atoms with Crippen molar-refractivity contribution in [3.05, 3.63) is 35.5 Å². The quantitative estimate of drug-likeness (QED) is 0.844. The Kier molecular flexibility index (Phi) is 5.16. The van der Waals surface area contributed by atoms with Gasteiger partial charge in [0.1, 0.15) is 11.5 Å². The second-order valence-corrected chi connectivity index (χ2v) is 4.84. The van der Waals surface area contributed by atoms with Crippen molar-refractivity contribution in [3.63, 3.8) is 0 Å². The fraction of sp³-hybridized carbons (Fsp3) is 0.467. The molecule has 0 spiro atoms. The summed E-state index contributed by atoms with van der Waals surface area (Å²) in [6.45, 7) is 4.20. The summed E-state index contributed by atoms with van der Waals surface area (Å²) in [6.07, 6.45) is 1.74. The van der Waals surface area contributed by atoms with Gasteiger partial charge in [0.15, 0.2) is 6.61 Å². The van der Waals surface area contributed by atoms with Crippen LogP contribution in [-0.2, 0) is 13.0 Å². The summed E-state index contributed by atoms with van der Waals surface area (Å²) < 4.78 is 16.1. The lowest BCUT2D eigenvalue weighted by Crippen LogP contribution is -2.08. The highest BCUT2D eigenvalue weighted by Crippen LogP contribution is 2.29. The Morgan fingerprint density at radius 2 is 2.19 bits per heavy atom. The van der Waals surface area contributed by atoms with Crippen molar-refractivity contribution in [1.29, 1.82) is 0 Å². The van der Waals surface area contributed by atoms with Crippen LogP contribution < -0.4 is 15.2 Å². The van der Waals surface area contributed by atoms with Gasteiger partial charge in [0, 0.05) is 24.1 Å². The van der Waals surface area contributed by atoms with Crippen LogP contribution in [0.2, 0.25) is 0 Å². The molecule has 0 radical (unpaired) electrons. The zero-order valence-corrected chi connectivity index (χ0v) is 12.6. The van der Waals surface area contributed by atoms with Gasteiger partial charge in [-0.25, -0.2) is 0 Å². The van der Waals surface area contributed by atoms with Gasteiger partial charge in [0.2, 0.25) is 11.7 Å². The van der Waals surface area contributed by atoms with E-state index >= 15 is 0 Å². The summed E-state index contributed by atoms with van der Waals surface area (Å²) in [4.78, 5) is 4.27. The van der Waals surface area contributed by atoms with Gasteiger partial charge in [-0.3, -0.25) is 0 Å². The van der Waals surface area contributed by atoms with Gasteiger partial charge < -0.3 is 19.7 Å². The Morgan fingerprint density at radius 1 is 1.38 bits per heavy atom. The number of nitrogens with two attached hydrogens (primary N) is 1. The van der Waals surface area contributed by atoms with Crippen molar-refractivity contribution in [1.82, 2.24) is 10.1 Å². The molecule has 0 saturated heterocycles. The summed E-state index contributed by atoms with van der Waals surface area (Å²) in [5.74, 6) is 2.55. The van der Waals surface area contributed by atoms with Crippen molar-refractivity contribution < 1.29 is 14.0 Å². The zero-order chi connectivity index (χ0) is 15.2. The third kappa shape index (κ3) is 3.95. The van der Waals surface area contributed by atoms with E-state index in [9.17, 15) is 0 Å². The molecule has 1 aromatic heterocycles. The average molecular weight is 291 g/mol. The molecule has 114 valence electrons. The van der Waals surface area contributed by atoms with Crippen LogP contribution in [-0.4, -0.2) is 17.3 Å². The Balaban J connectivity index is 2.10. The highest BCUT2D eigenvalue weighted by Gasteiger charge is 2.12.